The average molecular weight is 290 g/mol. The molecule has 0 fully saturated rings. The maximum Gasteiger partial charge on any atom is 0.305 e. The largest absolute Gasteiger partial charge is 0.481 e. The van der Waals surface area contributed by atoms with Crippen LogP contribution < -0.4 is 5.73 Å². The summed E-state index contributed by atoms with van der Waals surface area (Å²) in [5.74, 6) is -2.63. The van der Waals surface area contributed by atoms with Gasteiger partial charge in [-0.05, 0) is 18.2 Å². The second-order valence-electron chi connectivity index (χ2n) is 3.19. The van der Waals surface area contributed by atoms with Crippen molar-refractivity contribution in [1.82, 2.24) is 0 Å². The van der Waals surface area contributed by atoms with E-state index in [2.05, 4.69) is 15.9 Å². The van der Waals surface area contributed by atoms with Gasteiger partial charge in [0.15, 0.2) is 5.78 Å². The van der Waals surface area contributed by atoms with E-state index in [0.29, 0.717) is 4.47 Å². The molecule has 1 unspecified atom stereocenters. The van der Waals surface area contributed by atoms with E-state index in [4.69, 9.17) is 10.8 Å². The van der Waals surface area contributed by atoms with E-state index >= 15 is 0 Å². The third-order valence-electron chi connectivity index (χ3n) is 1.93. The zero-order valence-electron chi connectivity index (χ0n) is 8.11. The first-order valence-corrected chi connectivity index (χ1v) is 5.17. The summed E-state index contributed by atoms with van der Waals surface area (Å²) in [6, 6.07) is 2.60. The minimum absolute atomic E-state index is 0.205. The summed E-state index contributed by atoms with van der Waals surface area (Å²) in [6.07, 6.45) is -0.523. The van der Waals surface area contributed by atoms with E-state index in [9.17, 15) is 14.0 Å². The molecule has 0 saturated carbocycles. The Balaban J connectivity index is 2.95. The van der Waals surface area contributed by atoms with Crippen molar-refractivity contribution in [3.63, 3.8) is 0 Å². The van der Waals surface area contributed by atoms with Crippen LogP contribution in [0.15, 0.2) is 22.7 Å². The molecule has 1 aromatic carbocycles. The molecule has 3 N–H and O–H groups in total. The van der Waals surface area contributed by atoms with Gasteiger partial charge in [0, 0.05) is 4.47 Å². The smallest absolute Gasteiger partial charge is 0.305 e. The molecular weight excluding hydrogens is 281 g/mol. The first kappa shape index (κ1) is 12.8. The van der Waals surface area contributed by atoms with Crippen LogP contribution in [0.3, 0.4) is 0 Å². The highest BCUT2D eigenvalue weighted by Gasteiger charge is 2.21. The Morgan fingerprint density at radius 2 is 2.12 bits per heavy atom. The molecule has 0 aromatic heterocycles. The lowest BCUT2D eigenvalue weighted by Crippen LogP contribution is -2.33. The molecule has 6 heteroatoms. The molecule has 4 nitrogen and oxygen atoms in total. The maximum atomic E-state index is 13.3. The molecule has 1 atom stereocenters. The maximum absolute atomic E-state index is 13.3. The second kappa shape index (κ2) is 5.18. The van der Waals surface area contributed by atoms with Crippen molar-refractivity contribution >= 4 is 27.7 Å². The molecule has 0 aliphatic rings. The number of benzene rings is 1. The molecule has 0 aliphatic heterocycles. The molecule has 1 aromatic rings. The van der Waals surface area contributed by atoms with E-state index in [0.717, 1.165) is 6.07 Å². The molecular formula is C10H9BrFNO3. The van der Waals surface area contributed by atoms with Crippen LogP contribution in [0.4, 0.5) is 4.39 Å². The summed E-state index contributed by atoms with van der Waals surface area (Å²) in [5.41, 5.74) is 5.15. The summed E-state index contributed by atoms with van der Waals surface area (Å²) < 4.78 is 13.8. The average Bonchev–Trinajstić information content (AvgIpc) is 2.19. The molecule has 0 amide bonds. The van der Waals surface area contributed by atoms with Crippen molar-refractivity contribution < 1.29 is 19.1 Å². The van der Waals surface area contributed by atoms with Crippen molar-refractivity contribution in [1.29, 1.82) is 0 Å². The van der Waals surface area contributed by atoms with Gasteiger partial charge in [0.2, 0.25) is 0 Å². The number of aliphatic carboxylic acids is 1. The van der Waals surface area contributed by atoms with Gasteiger partial charge in [0.1, 0.15) is 5.82 Å². The number of hydrogen-bond donors (Lipinski definition) is 2. The molecule has 0 aliphatic carbocycles. The number of carbonyl (C=O) groups is 2. The van der Waals surface area contributed by atoms with Crippen molar-refractivity contribution in [3.8, 4) is 0 Å². The SMILES string of the molecule is NC(CC(=O)O)C(=O)c1cc(Br)ccc1F. The lowest BCUT2D eigenvalue weighted by atomic mass is 10.0. The fraction of sp³-hybridized carbons (Fsp3) is 0.200. The predicted octanol–water partition coefficient (Wildman–Crippen LogP) is 1.57. The number of rotatable bonds is 4. The van der Waals surface area contributed by atoms with Crippen molar-refractivity contribution in [2.75, 3.05) is 0 Å². The quantitative estimate of drug-likeness (QED) is 0.825. The van der Waals surface area contributed by atoms with Gasteiger partial charge in [-0.1, -0.05) is 15.9 Å². The Hall–Kier alpha value is -1.27. The van der Waals surface area contributed by atoms with Gasteiger partial charge in [0.05, 0.1) is 18.0 Å². The van der Waals surface area contributed by atoms with Gasteiger partial charge in [0.25, 0.3) is 0 Å². The Kier molecular flexibility index (Phi) is 4.14. The molecule has 0 heterocycles. The molecule has 0 saturated heterocycles. The van der Waals surface area contributed by atoms with E-state index in [1.165, 1.54) is 12.1 Å². The van der Waals surface area contributed by atoms with Crippen LogP contribution in [0.25, 0.3) is 0 Å². The first-order chi connectivity index (χ1) is 7.41. The van der Waals surface area contributed by atoms with Gasteiger partial charge in [-0.15, -0.1) is 0 Å². The Morgan fingerprint density at radius 3 is 2.69 bits per heavy atom. The summed E-state index contributed by atoms with van der Waals surface area (Å²) in [5, 5.41) is 8.47. The lowest BCUT2D eigenvalue weighted by molar-refractivity contribution is -0.137. The number of carboxylic acids is 1. The second-order valence-corrected chi connectivity index (χ2v) is 4.11. The topological polar surface area (TPSA) is 80.4 Å². The molecule has 16 heavy (non-hydrogen) atoms. The number of Topliss-reactive ketones (excluding diaryl/α,β-unsaturated/α-hetero) is 1. The summed E-state index contributed by atoms with van der Waals surface area (Å²) in [4.78, 5) is 22.0. The standard InChI is InChI=1S/C10H9BrFNO3/c11-5-1-2-7(12)6(3-5)10(16)8(13)4-9(14)15/h1-3,8H,4,13H2,(H,14,15). The van der Waals surface area contributed by atoms with Crippen LogP contribution >= 0.6 is 15.9 Å². The number of ketones is 1. The van der Waals surface area contributed by atoms with E-state index < -0.39 is 30.0 Å². The van der Waals surface area contributed by atoms with E-state index in [-0.39, 0.29) is 5.56 Å². The molecule has 86 valence electrons. The third kappa shape index (κ3) is 3.11. The van der Waals surface area contributed by atoms with Crippen molar-refractivity contribution in [2.45, 2.75) is 12.5 Å². The Bertz CT molecular complexity index is 436. The summed E-state index contributed by atoms with van der Waals surface area (Å²) >= 11 is 3.09. The minimum Gasteiger partial charge on any atom is -0.481 e. The molecule has 0 spiro atoms. The highest BCUT2D eigenvalue weighted by Crippen LogP contribution is 2.17. The number of carbonyl (C=O) groups excluding carboxylic acids is 1. The normalized spacial score (nSPS) is 12.2. The fourth-order valence-electron chi connectivity index (χ4n) is 1.17. The van der Waals surface area contributed by atoms with Crippen LogP contribution in [-0.4, -0.2) is 22.9 Å². The van der Waals surface area contributed by atoms with E-state index in [1.807, 2.05) is 0 Å². The number of nitrogens with two attached hydrogens (primary N) is 1. The minimum atomic E-state index is -1.23. The summed E-state index contributed by atoms with van der Waals surface area (Å²) in [6.45, 7) is 0. The highest BCUT2D eigenvalue weighted by atomic mass is 79.9. The lowest BCUT2D eigenvalue weighted by Gasteiger charge is -2.08. The van der Waals surface area contributed by atoms with Crippen LogP contribution in [0.5, 0.6) is 0 Å². The number of hydrogen-bond acceptors (Lipinski definition) is 3. The first-order valence-electron chi connectivity index (χ1n) is 4.38. The Labute approximate surface area is 99.4 Å². The zero-order valence-corrected chi connectivity index (χ0v) is 9.70. The Morgan fingerprint density at radius 1 is 1.50 bits per heavy atom. The van der Waals surface area contributed by atoms with Crippen molar-refractivity contribution in [3.05, 3.63) is 34.1 Å². The summed E-state index contributed by atoms with van der Waals surface area (Å²) in [7, 11) is 0. The van der Waals surface area contributed by atoms with E-state index in [1.54, 1.807) is 0 Å². The third-order valence-corrected chi connectivity index (χ3v) is 2.42. The van der Waals surface area contributed by atoms with Crippen molar-refractivity contribution in [2.24, 2.45) is 5.73 Å². The van der Waals surface area contributed by atoms with Gasteiger partial charge < -0.3 is 10.8 Å². The van der Waals surface area contributed by atoms with Crippen LogP contribution in [0.2, 0.25) is 0 Å². The number of carboxylic acid groups (broad SMARTS) is 1. The molecule has 0 radical (unpaired) electrons. The molecule has 1 rings (SSSR count). The monoisotopic (exact) mass is 289 g/mol. The zero-order chi connectivity index (χ0) is 12.3. The fourth-order valence-corrected chi connectivity index (χ4v) is 1.53. The van der Waals surface area contributed by atoms with Crippen LogP contribution in [-0.2, 0) is 4.79 Å². The molecule has 0 bridgehead atoms. The van der Waals surface area contributed by atoms with Crippen LogP contribution in [0, 0.1) is 5.82 Å². The van der Waals surface area contributed by atoms with Gasteiger partial charge in [-0.25, -0.2) is 4.39 Å². The highest BCUT2D eigenvalue weighted by molar-refractivity contribution is 9.10. The van der Waals surface area contributed by atoms with Gasteiger partial charge in [-0.3, -0.25) is 9.59 Å². The number of halogens is 2. The van der Waals surface area contributed by atoms with Gasteiger partial charge >= 0.3 is 5.97 Å². The van der Waals surface area contributed by atoms with Gasteiger partial charge in [-0.2, -0.15) is 0 Å². The predicted molar refractivity (Wildman–Crippen MR) is 58.7 cm³/mol. The van der Waals surface area contributed by atoms with Crippen LogP contribution in [0.1, 0.15) is 16.8 Å².